The predicted molar refractivity (Wildman–Crippen MR) is 121 cm³/mol. The second kappa shape index (κ2) is 12.4. The number of hydrogen-bond acceptors (Lipinski definition) is 4. The van der Waals surface area contributed by atoms with Crippen LogP contribution >= 0.6 is 0 Å². The summed E-state index contributed by atoms with van der Waals surface area (Å²) in [6.45, 7) is 6.73. The Kier molecular flexibility index (Phi) is 9.60. The van der Waals surface area contributed by atoms with E-state index in [9.17, 15) is 10.1 Å². The lowest BCUT2D eigenvalue weighted by Crippen LogP contribution is -2.37. The molecule has 0 saturated carbocycles. The van der Waals surface area contributed by atoms with Crippen LogP contribution in [0.2, 0.25) is 0 Å². The SMILES string of the molecule is CCCCN(CCCC)c1ccc(/C=C(\C#N)c2cc[n+](CC(=O)OC)cc2)cc1. The number of esters is 1. The van der Waals surface area contributed by atoms with E-state index in [1.54, 1.807) is 17.0 Å². The number of carbonyl (C=O) groups excluding carboxylic acids is 1. The third-order valence-corrected chi connectivity index (χ3v) is 4.99. The molecule has 0 aliphatic rings. The normalized spacial score (nSPS) is 11.1. The molecular weight excluding hydrogens is 374 g/mol. The number of unbranched alkanes of at least 4 members (excludes halogenated alkanes) is 2. The Morgan fingerprint density at radius 1 is 1.07 bits per heavy atom. The monoisotopic (exact) mass is 406 g/mol. The minimum Gasteiger partial charge on any atom is -0.464 e. The smallest absolute Gasteiger partial charge is 0.372 e. The third-order valence-electron chi connectivity index (χ3n) is 4.99. The van der Waals surface area contributed by atoms with Crippen molar-refractivity contribution < 1.29 is 14.1 Å². The van der Waals surface area contributed by atoms with Gasteiger partial charge in [-0.15, -0.1) is 0 Å². The van der Waals surface area contributed by atoms with Gasteiger partial charge in [0.2, 0.25) is 6.54 Å². The molecule has 1 heterocycles. The molecule has 0 atom stereocenters. The van der Waals surface area contributed by atoms with Crippen molar-refractivity contribution in [1.82, 2.24) is 0 Å². The number of rotatable bonds is 11. The maximum atomic E-state index is 11.4. The van der Waals surface area contributed by atoms with E-state index in [0.717, 1.165) is 24.2 Å². The van der Waals surface area contributed by atoms with Gasteiger partial charge >= 0.3 is 5.97 Å². The average Bonchev–Trinajstić information content (AvgIpc) is 2.78. The number of anilines is 1. The highest BCUT2D eigenvalue weighted by Gasteiger charge is 2.10. The van der Waals surface area contributed by atoms with Crippen LogP contribution in [0, 0.1) is 11.3 Å². The number of pyridine rings is 1. The molecule has 1 aromatic carbocycles. The zero-order valence-electron chi connectivity index (χ0n) is 18.3. The van der Waals surface area contributed by atoms with Crippen molar-refractivity contribution in [3.63, 3.8) is 0 Å². The van der Waals surface area contributed by atoms with Crippen molar-refractivity contribution in [1.29, 1.82) is 5.26 Å². The highest BCUT2D eigenvalue weighted by Crippen LogP contribution is 2.21. The largest absolute Gasteiger partial charge is 0.464 e. The molecule has 0 bridgehead atoms. The summed E-state index contributed by atoms with van der Waals surface area (Å²) >= 11 is 0. The summed E-state index contributed by atoms with van der Waals surface area (Å²) in [7, 11) is 1.37. The fourth-order valence-corrected chi connectivity index (χ4v) is 3.15. The third kappa shape index (κ3) is 7.04. The molecule has 0 radical (unpaired) electrons. The molecule has 1 aromatic heterocycles. The predicted octanol–water partition coefficient (Wildman–Crippen LogP) is 4.62. The second-order valence-corrected chi connectivity index (χ2v) is 7.29. The number of allylic oxidation sites excluding steroid dienone is 1. The molecule has 30 heavy (non-hydrogen) atoms. The van der Waals surface area contributed by atoms with E-state index in [-0.39, 0.29) is 12.5 Å². The molecule has 0 N–H and O–H groups in total. The fourth-order valence-electron chi connectivity index (χ4n) is 3.15. The van der Waals surface area contributed by atoms with Gasteiger partial charge in [-0.1, -0.05) is 38.8 Å². The quantitative estimate of drug-likeness (QED) is 0.310. The van der Waals surface area contributed by atoms with Crippen LogP contribution in [-0.4, -0.2) is 26.2 Å². The maximum Gasteiger partial charge on any atom is 0.372 e. The Morgan fingerprint density at radius 2 is 1.67 bits per heavy atom. The summed E-state index contributed by atoms with van der Waals surface area (Å²) in [5.41, 5.74) is 3.63. The Morgan fingerprint density at radius 3 is 2.17 bits per heavy atom. The van der Waals surface area contributed by atoms with Crippen LogP contribution in [0.15, 0.2) is 48.8 Å². The first-order valence-electron chi connectivity index (χ1n) is 10.6. The molecule has 0 unspecified atom stereocenters. The first-order valence-corrected chi connectivity index (χ1v) is 10.6. The number of nitriles is 1. The van der Waals surface area contributed by atoms with Crippen molar-refractivity contribution in [2.75, 3.05) is 25.1 Å². The van der Waals surface area contributed by atoms with Crippen molar-refractivity contribution in [2.24, 2.45) is 0 Å². The lowest BCUT2D eigenvalue weighted by molar-refractivity contribution is -0.685. The van der Waals surface area contributed by atoms with E-state index in [1.807, 2.05) is 18.2 Å². The van der Waals surface area contributed by atoms with E-state index < -0.39 is 0 Å². The average molecular weight is 407 g/mol. The molecule has 2 rings (SSSR count). The lowest BCUT2D eigenvalue weighted by atomic mass is 10.0. The summed E-state index contributed by atoms with van der Waals surface area (Å²) in [4.78, 5) is 13.8. The molecule has 0 spiro atoms. The lowest BCUT2D eigenvalue weighted by Gasteiger charge is -2.24. The van der Waals surface area contributed by atoms with Crippen LogP contribution in [0.4, 0.5) is 5.69 Å². The molecule has 2 aromatic rings. The number of nitrogens with zero attached hydrogens (tertiary/aromatic N) is 3. The van der Waals surface area contributed by atoms with Gasteiger partial charge in [0.15, 0.2) is 12.4 Å². The van der Waals surface area contributed by atoms with E-state index in [1.165, 1.54) is 38.5 Å². The van der Waals surface area contributed by atoms with Crippen molar-refractivity contribution in [3.8, 4) is 6.07 Å². The van der Waals surface area contributed by atoms with E-state index >= 15 is 0 Å². The van der Waals surface area contributed by atoms with Crippen molar-refractivity contribution >= 4 is 23.3 Å². The van der Waals surface area contributed by atoms with Gasteiger partial charge in [0.1, 0.15) is 0 Å². The number of benzene rings is 1. The second-order valence-electron chi connectivity index (χ2n) is 7.29. The highest BCUT2D eigenvalue weighted by molar-refractivity contribution is 5.89. The van der Waals surface area contributed by atoms with Crippen LogP contribution in [0.3, 0.4) is 0 Å². The maximum absolute atomic E-state index is 11.4. The number of carbonyl (C=O) groups is 1. The number of methoxy groups -OCH3 is 1. The molecule has 5 nitrogen and oxygen atoms in total. The first kappa shape index (κ1) is 23.2. The summed E-state index contributed by atoms with van der Waals surface area (Å²) in [5, 5.41) is 9.62. The van der Waals surface area contributed by atoms with E-state index in [4.69, 9.17) is 0 Å². The number of aromatic nitrogens is 1. The topological polar surface area (TPSA) is 57.2 Å². The van der Waals surface area contributed by atoms with Gasteiger partial charge in [-0.2, -0.15) is 9.83 Å². The molecule has 0 saturated heterocycles. The summed E-state index contributed by atoms with van der Waals surface area (Å²) in [6, 6.07) is 14.4. The van der Waals surface area contributed by atoms with Gasteiger partial charge in [0.05, 0.1) is 18.8 Å². The molecule has 158 valence electrons. The van der Waals surface area contributed by atoms with Crippen molar-refractivity contribution in [2.45, 2.75) is 46.1 Å². The number of hydrogen-bond donors (Lipinski definition) is 0. The summed E-state index contributed by atoms with van der Waals surface area (Å²) in [6.07, 6.45) is 10.2. The zero-order chi connectivity index (χ0) is 21.8. The van der Waals surface area contributed by atoms with Crippen LogP contribution in [0.25, 0.3) is 11.6 Å². The zero-order valence-corrected chi connectivity index (χ0v) is 18.3. The van der Waals surface area contributed by atoms with Crippen LogP contribution in [-0.2, 0) is 16.1 Å². The highest BCUT2D eigenvalue weighted by atomic mass is 16.5. The van der Waals surface area contributed by atoms with Gasteiger partial charge in [0, 0.05) is 36.5 Å². The van der Waals surface area contributed by atoms with Gasteiger partial charge in [-0.05, 0) is 36.6 Å². The van der Waals surface area contributed by atoms with Gasteiger partial charge in [-0.3, -0.25) is 0 Å². The summed E-state index contributed by atoms with van der Waals surface area (Å²) in [5.74, 6) is -0.309. The van der Waals surface area contributed by atoms with Crippen LogP contribution < -0.4 is 9.47 Å². The molecule has 0 aliphatic heterocycles. The molecule has 0 amide bonds. The Balaban J connectivity index is 2.15. The van der Waals surface area contributed by atoms with E-state index in [2.05, 4.69) is 53.8 Å². The van der Waals surface area contributed by atoms with Crippen LogP contribution in [0.5, 0.6) is 0 Å². The minimum absolute atomic E-state index is 0.149. The first-order chi connectivity index (χ1) is 14.6. The molecular formula is C25H32N3O2+. The standard InChI is InChI=1S/C25H32N3O2/c1-4-6-14-28(15-7-5-2)24-10-8-21(9-11-24)18-23(19-26)22-12-16-27(17-13-22)20-25(29)30-3/h8-13,16-18H,4-7,14-15,20H2,1-3H3/q+1. The molecule has 5 heteroatoms. The Hall–Kier alpha value is -3.13. The molecule has 0 fully saturated rings. The fraction of sp³-hybridized carbons (Fsp3) is 0.400. The minimum atomic E-state index is -0.309. The van der Waals surface area contributed by atoms with Crippen molar-refractivity contribution in [3.05, 3.63) is 59.9 Å². The number of ether oxygens (including phenoxy) is 1. The Labute approximate surface area is 180 Å². The van der Waals surface area contributed by atoms with Crippen LogP contribution in [0.1, 0.15) is 50.7 Å². The van der Waals surface area contributed by atoms with Gasteiger partial charge < -0.3 is 9.64 Å². The summed E-state index contributed by atoms with van der Waals surface area (Å²) < 4.78 is 6.40. The Bertz CT molecular complexity index is 857. The van der Waals surface area contributed by atoms with E-state index in [0.29, 0.717) is 5.57 Å². The van der Waals surface area contributed by atoms with Gasteiger partial charge in [-0.25, -0.2) is 4.79 Å². The van der Waals surface area contributed by atoms with Gasteiger partial charge in [0.25, 0.3) is 0 Å². The molecule has 0 aliphatic carbocycles.